The third-order valence-corrected chi connectivity index (χ3v) is 7.93. The van der Waals surface area contributed by atoms with Crippen molar-refractivity contribution < 1.29 is 14.6 Å². The van der Waals surface area contributed by atoms with E-state index in [1.807, 2.05) is 24.3 Å². The first kappa shape index (κ1) is 18.5. The van der Waals surface area contributed by atoms with Crippen LogP contribution in [0.2, 0.25) is 0 Å². The molecular weight excluding hydrogens is 350 g/mol. The van der Waals surface area contributed by atoms with Crippen molar-refractivity contribution in [3.8, 4) is 5.75 Å². The zero-order valence-corrected chi connectivity index (χ0v) is 16.7. The molecule has 4 saturated carbocycles. The molecule has 0 aromatic heterocycles. The standard InChI is InChI=1S/C24H33NO3/c26-19-4-8-21(9-5-19)28-20-6-2-17(3-7-20)24(27)25-23-10-1-15-11-16-13-18(12-15)22(23)14-16/h2-3,6-7,15-16,18-19,21-23,26H,1,4-5,8-14H2,(H,25,27). The van der Waals surface area contributed by atoms with E-state index in [0.29, 0.717) is 12.0 Å². The highest BCUT2D eigenvalue weighted by Gasteiger charge is 2.46. The molecule has 28 heavy (non-hydrogen) atoms. The van der Waals surface area contributed by atoms with Crippen LogP contribution in [-0.2, 0) is 0 Å². The van der Waals surface area contributed by atoms with E-state index in [4.69, 9.17) is 4.74 Å². The number of benzene rings is 1. The maximum atomic E-state index is 12.9. The first-order chi connectivity index (χ1) is 13.6. The number of ether oxygens (including phenoxy) is 1. The fourth-order valence-corrected chi connectivity index (χ4v) is 6.56. The number of hydrogen-bond donors (Lipinski definition) is 2. The van der Waals surface area contributed by atoms with Gasteiger partial charge in [-0.1, -0.05) is 0 Å². The SMILES string of the molecule is O=C(NC1CCC2CC3CC(C2)C1C3)c1ccc(OC2CCC(O)CC2)cc1. The molecule has 4 heteroatoms. The van der Waals surface area contributed by atoms with Crippen molar-refractivity contribution in [1.29, 1.82) is 0 Å². The Morgan fingerprint density at radius 1 is 0.893 bits per heavy atom. The molecule has 5 unspecified atom stereocenters. The summed E-state index contributed by atoms with van der Waals surface area (Å²) in [5.74, 6) is 4.27. The Bertz CT molecular complexity index is 694. The van der Waals surface area contributed by atoms with E-state index in [2.05, 4.69) is 5.32 Å². The monoisotopic (exact) mass is 383 g/mol. The molecule has 4 aliphatic carbocycles. The zero-order valence-electron chi connectivity index (χ0n) is 16.7. The van der Waals surface area contributed by atoms with Crippen LogP contribution >= 0.6 is 0 Å². The normalized spacial score (nSPS) is 39.4. The second-order valence-electron chi connectivity index (χ2n) is 9.83. The highest BCUT2D eigenvalue weighted by Crippen LogP contribution is 2.53. The third-order valence-electron chi connectivity index (χ3n) is 7.93. The van der Waals surface area contributed by atoms with Gasteiger partial charge in [-0.2, -0.15) is 0 Å². The molecular formula is C24H33NO3. The minimum Gasteiger partial charge on any atom is -0.490 e. The van der Waals surface area contributed by atoms with E-state index in [1.165, 1.54) is 32.1 Å². The van der Waals surface area contributed by atoms with E-state index in [-0.39, 0.29) is 18.1 Å². The molecule has 1 aromatic carbocycles. The Morgan fingerprint density at radius 2 is 1.64 bits per heavy atom. The smallest absolute Gasteiger partial charge is 0.251 e. The summed E-state index contributed by atoms with van der Waals surface area (Å²) >= 11 is 0. The number of carbonyl (C=O) groups excluding carboxylic acids is 1. The Labute approximate surface area is 168 Å². The summed E-state index contributed by atoms with van der Waals surface area (Å²) in [5.41, 5.74) is 0.732. The van der Waals surface area contributed by atoms with Crippen LogP contribution in [0.4, 0.5) is 0 Å². The lowest BCUT2D eigenvalue weighted by Crippen LogP contribution is -2.41. The highest BCUT2D eigenvalue weighted by molar-refractivity contribution is 5.94. The number of rotatable bonds is 4. The maximum Gasteiger partial charge on any atom is 0.251 e. The summed E-state index contributed by atoms with van der Waals surface area (Å²) in [6.07, 6.45) is 11.5. The average molecular weight is 384 g/mol. The first-order valence-corrected chi connectivity index (χ1v) is 11.4. The van der Waals surface area contributed by atoms with Crippen LogP contribution in [-0.4, -0.2) is 29.3 Å². The molecule has 0 heterocycles. The maximum absolute atomic E-state index is 12.9. The molecule has 1 aromatic rings. The van der Waals surface area contributed by atoms with Crippen LogP contribution in [0.1, 0.15) is 74.6 Å². The molecule has 5 atom stereocenters. The summed E-state index contributed by atoms with van der Waals surface area (Å²) in [7, 11) is 0. The van der Waals surface area contributed by atoms with Gasteiger partial charge in [0.05, 0.1) is 12.2 Å². The van der Waals surface area contributed by atoms with Gasteiger partial charge in [-0.05, 0) is 112 Å². The van der Waals surface area contributed by atoms with Crippen molar-refractivity contribution >= 4 is 5.91 Å². The van der Waals surface area contributed by atoms with Crippen LogP contribution < -0.4 is 10.1 Å². The predicted octanol–water partition coefficient (Wildman–Crippen LogP) is 4.31. The number of hydrogen-bond acceptors (Lipinski definition) is 3. The average Bonchev–Trinajstić information content (AvgIpc) is 2.95. The van der Waals surface area contributed by atoms with Gasteiger partial charge in [-0.15, -0.1) is 0 Å². The lowest BCUT2D eigenvalue weighted by molar-refractivity contribution is 0.0665. The molecule has 0 radical (unpaired) electrons. The van der Waals surface area contributed by atoms with Gasteiger partial charge in [-0.3, -0.25) is 4.79 Å². The number of aliphatic hydroxyl groups excluding tert-OH is 1. The number of aliphatic hydroxyl groups is 1. The van der Waals surface area contributed by atoms with Crippen LogP contribution in [0.25, 0.3) is 0 Å². The summed E-state index contributed by atoms with van der Waals surface area (Å²) in [6, 6.07) is 7.98. The van der Waals surface area contributed by atoms with Crippen molar-refractivity contribution in [1.82, 2.24) is 5.32 Å². The molecule has 0 aliphatic heterocycles. The second-order valence-corrected chi connectivity index (χ2v) is 9.83. The predicted molar refractivity (Wildman–Crippen MR) is 108 cm³/mol. The lowest BCUT2D eigenvalue weighted by atomic mass is 9.80. The van der Waals surface area contributed by atoms with Crippen molar-refractivity contribution in [2.24, 2.45) is 23.7 Å². The Balaban J connectivity index is 1.19. The molecule has 4 aliphatic rings. The Hall–Kier alpha value is -1.55. The lowest BCUT2D eigenvalue weighted by Gasteiger charge is -2.27. The van der Waals surface area contributed by atoms with E-state index in [9.17, 15) is 9.90 Å². The van der Waals surface area contributed by atoms with E-state index in [0.717, 1.165) is 61.2 Å². The van der Waals surface area contributed by atoms with Crippen molar-refractivity contribution in [3.05, 3.63) is 29.8 Å². The molecule has 3 bridgehead atoms. The van der Waals surface area contributed by atoms with Crippen molar-refractivity contribution in [2.45, 2.75) is 82.5 Å². The highest BCUT2D eigenvalue weighted by atomic mass is 16.5. The van der Waals surface area contributed by atoms with E-state index in [1.54, 1.807) is 0 Å². The summed E-state index contributed by atoms with van der Waals surface area (Å²) in [6.45, 7) is 0. The number of carbonyl (C=O) groups is 1. The molecule has 152 valence electrons. The van der Waals surface area contributed by atoms with Crippen LogP contribution in [0.3, 0.4) is 0 Å². The number of fused-ring (bicyclic) bond motifs is 2. The van der Waals surface area contributed by atoms with Gasteiger partial charge in [-0.25, -0.2) is 0 Å². The number of nitrogens with one attached hydrogen (secondary N) is 1. The van der Waals surface area contributed by atoms with Gasteiger partial charge in [0.25, 0.3) is 5.91 Å². The number of amides is 1. The minimum absolute atomic E-state index is 0.0681. The van der Waals surface area contributed by atoms with Crippen molar-refractivity contribution in [3.63, 3.8) is 0 Å². The van der Waals surface area contributed by atoms with Crippen LogP contribution in [0, 0.1) is 23.7 Å². The zero-order chi connectivity index (χ0) is 19.1. The van der Waals surface area contributed by atoms with Gasteiger partial charge >= 0.3 is 0 Å². The van der Waals surface area contributed by atoms with Gasteiger partial charge < -0.3 is 15.2 Å². The quantitative estimate of drug-likeness (QED) is 0.814. The van der Waals surface area contributed by atoms with Crippen LogP contribution in [0.15, 0.2) is 24.3 Å². The van der Waals surface area contributed by atoms with Crippen molar-refractivity contribution in [2.75, 3.05) is 0 Å². The molecule has 1 amide bonds. The molecule has 4 fully saturated rings. The fourth-order valence-electron chi connectivity index (χ4n) is 6.56. The third kappa shape index (κ3) is 3.80. The molecule has 4 nitrogen and oxygen atoms in total. The summed E-state index contributed by atoms with van der Waals surface area (Å²) < 4.78 is 6.04. The molecule has 2 N–H and O–H groups in total. The van der Waals surface area contributed by atoms with E-state index >= 15 is 0 Å². The van der Waals surface area contributed by atoms with Crippen LogP contribution in [0.5, 0.6) is 5.75 Å². The summed E-state index contributed by atoms with van der Waals surface area (Å²) in [4.78, 5) is 12.9. The molecule has 0 spiro atoms. The Morgan fingerprint density at radius 3 is 2.43 bits per heavy atom. The fraction of sp³-hybridized carbons (Fsp3) is 0.708. The van der Waals surface area contributed by atoms with E-state index < -0.39 is 0 Å². The van der Waals surface area contributed by atoms with Gasteiger partial charge in [0.2, 0.25) is 0 Å². The molecule has 5 rings (SSSR count). The Kier molecular flexibility index (Phi) is 5.08. The largest absolute Gasteiger partial charge is 0.490 e. The van der Waals surface area contributed by atoms with Gasteiger partial charge in [0.1, 0.15) is 5.75 Å². The molecule has 0 saturated heterocycles. The second kappa shape index (κ2) is 7.70. The minimum atomic E-state index is -0.166. The summed E-state index contributed by atoms with van der Waals surface area (Å²) in [5, 5.41) is 13.0. The topological polar surface area (TPSA) is 58.6 Å². The van der Waals surface area contributed by atoms with Gasteiger partial charge in [0.15, 0.2) is 0 Å². The first-order valence-electron chi connectivity index (χ1n) is 11.4. The van der Waals surface area contributed by atoms with Gasteiger partial charge in [0, 0.05) is 11.6 Å².